The smallest absolute Gasteiger partial charge is 0.0257 e. The molecule has 0 aromatic heterocycles. The summed E-state index contributed by atoms with van der Waals surface area (Å²) in [6.45, 7) is 4.56. The summed E-state index contributed by atoms with van der Waals surface area (Å²) in [6, 6.07) is 17.9. The highest BCUT2D eigenvalue weighted by Gasteiger charge is 2.41. The van der Waals surface area contributed by atoms with Gasteiger partial charge in [0.1, 0.15) is 0 Å². The number of fused-ring (bicyclic) bond motifs is 3. The van der Waals surface area contributed by atoms with E-state index in [0.717, 1.165) is 6.42 Å². The zero-order valence-electron chi connectivity index (χ0n) is 13.0. The summed E-state index contributed by atoms with van der Waals surface area (Å²) in [7, 11) is 0. The number of benzene rings is 2. The Hall–Kier alpha value is -1.73. The molecule has 0 saturated carbocycles. The highest BCUT2D eigenvalue weighted by atomic mass is 32.2. The Morgan fingerprint density at radius 3 is 2.64 bits per heavy atom. The number of rotatable bonds is 1. The fraction of sp³-hybridized carbons (Fsp3) is 0.238. The Kier molecular flexibility index (Phi) is 3.27. The summed E-state index contributed by atoms with van der Waals surface area (Å²) in [4.78, 5) is 2.91. The fourth-order valence-electron chi connectivity index (χ4n) is 3.63. The zero-order chi connectivity index (χ0) is 15.2. The molecule has 0 saturated heterocycles. The molecule has 2 aromatic rings. The van der Waals surface area contributed by atoms with Crippen molar-refractivity contribution in [1.29, 1.82) is 0 Å². The standard InChI is InChI=1S/C21H20S/c1-15-10-12-16(13-11-15)17-6-5-9-20-21(2,14-17)18-7-3-4-8-19(18)22-20/h3-13,17H,14H2,1-2H3. The van der Waals surface area contributed by atoms with Crippen molar-refractivity contribution in [2.24, 2.45) is 0 Å². The van der Waals surface area contributed by atoms with Gasteiger partial charge in [-0.15, -0.1) is 0 Å². The summed E-state index contributed by atoms with van der Waals surface area (Å²) >= 11 is 1.94. The first-order chi connectivity index (χ1) is 10.7. The van der Waals surface area contributed by atoms with Gasteiger partial charge in [-0.1, -0.05) is 84.9 Å². The molecule has 2 aliphatic rings. The lowest BCUT2D eigenvalue weighted by molar-refractivity contribution is 0.505. The first-order valence-corrected chi connectivity index (χ1v) is 8.71. The Bertz CT molecular complexity index is 767. The van der Waals surface area contributed by atoms with Gasteiger partial charge < -0.3 is 0 Å². The van der Waals surface area contributed by atoms with Crippen LogP contribution in [0.5, 0.6) is 0 Å². The molecular weight excluding hydrogens is 284 g/mol. The van der Waals surface area contributed by atoms with Gasteiger partial charge in [0.2, 0.25) is 0 Å². The molecular formula is C21H20S. The Morgan fingerprint density at radius 1 is 1.05 bits per heavy atom. The van der Waals surface area contributed by atoms with E-state index in [0.29, 0.717) is 5.92 Å². The lowest BCUT2D eigenvalue weighted by Gasteiger charge is -2.29. The molecule has 1 aliphatic heterocycles. The van der Waals surface area contributed by atoms with Crippen molar-refractivity contribution in [2.45, 2.75) is 36.5 Å². The molecule has 2 unspecified atom stereocenters. The second-order valence-corrected chi connectivity index (χ2v) is 7.65. The van der Waals surface area contributed by atoms with E-state index in [2.05, 4.69) is 80.6 Å². The third-order valence-corrected chi connectivity index (χ3v) is 6.35. The number of hydrogen-bond donors (Lipinski definition) is 0. The average Bonchev–Trinajstić information content (AvgIpc) is 2.69. The molecule has 0 spiro atoms. The largest absolute Gasteiger partial charge is 0.0933 e. The van der Waals surface area contributed by atoms with E-state index in [9.17, 15) is 0 Å². The van der Waals surface area contributed by atoms with Crippen LogP contribution in [0.15, 0.2) is 76.6 Å². The van der Waals surface area contributed by atoms with Crippen LogP contribution in [0.25, 0.3) is 0 Å². The average molecular weight is 304 g/mol. The van der Waals surface area contributed by atoms with Crippen molar-refractivity contribution in [3.63, 3.8) is 0 Å². The van der Waals surface area contributed by atoms with Gasteiger partial charge in [-0.05, 0) is 30.5 Å². The molecule has 1 heteroatoms. The van der Waals surface area contributed by atoms with E-state index in [1.165, 1.54) is 26.5 Å². The lowest BCUT2D eigenvalue weighted by Crippen LogP contribution is -2.22. The SMILES string of the molecule is Cc1ccc(C2C=CC=C3Sc4ccccc4C3(C)C2)cc1. The van der Waals surface area contributed by atoms with Crippen LogP contribution in [0.2, 0.25) is 0 Å². The van der Waals surface area contributed by atoms with Crippen LogP contribution in [-0.4, -0.2) is 0 Å². The zero-order valence-corrected chi connectivity index (χ0v) is 13.9. The molecule has 2 aromatic carbocycles. The molecule has 0 nitrogen and oxygen atoms in total. The van der Waals surface area contributed by atoms with Crippen molar-refractivity contribution in [3.8, 4) is 0 Å². The molecule has 0 N–H and O–H groups in total. The highest BCUT2D eigenvalue weighted by Crippen LogP contribution is 2.56. The molecule has 0 bridgehead atoms. The van der Waals surface area contributed by atoms with Gasteiger partial charge in [-0.2, -0.15) is 0 Å². The fourth-order valence-corrected chi connectivity index (χ4v) is 4.98. The van der Waals surface area contributed by atoms with Crippen LogP contribution in [0.3, 0.4) is 0 Å². The van der Waals surface area contributed by atoms with Crippen molar-refractivity contribution in [2.75, 3.05) is 0 Å². The topological polar surface area (TPSA) is 0 Å². The molecule has 110 valence electrons. The van der Waals surface area contributed by atoms with Gasteiger partial charge >= 0.3 is 0 Å². The van der Waals surface area contributed by atoms with E-state index >= 15 is 0 Å². The second-order valence-electron chi connectivity index (χ2n) is 6.57. The maximum absolute atomic E-state index is 2.41. The molecule has 2 atom stereocenters. The van der Waals surface area contributed by atoms with E-state index in [1.807, 2.05) is 11.8 Å². The minimum atomic E-state index is 0.139. The Balaban J connectivity index is 1.75. The van der Waals surface area contributed by atoms with Gasteiger partial charge in [-0.25, -0.2) is 0 Å². The van der Waals surface area contributed by atoms with Crippen LogP contribution >= 0.6 is 11.8 Å². The van der Waals surface area contributed by atoms with Crippen LogP contribution in [0.1, 0.15) is 36.0 Å². The van der Waals surface area contributed by atoms with Crippen molar-refractivity contribution >= 4 is 11.8 Å². The molecule has 0 fully saturated rings. The van der Waals surface area contributed by atoms with E-state index in [1.54, 1.807) is 0 Å². The quantitative estimate of drug-likeness (QED) is 0.624. The summed E-state index contributed by atoms with van der Waals surface area (Å²) in [5, 5.41) is 0. The van der Waals surface area contributed by atoms with E-state index in [4.69, 9.17) is 0 Å². The molecule has 22 heavy (non-hydrogen) atoms. The summed E-state index contributed by atoms with van der Waals surface area (Å²) in [5.41, 5.74) is 4.38. The van der Waals surface area contributed by atoms with Crippen molar-refractivity contribution in [1.82, 2.24) is 0 Å². The first kappa shape index (κ1) is 13.9. The maximum Gasteiger partial charge on any atom is 0.0257 e. The van der Waals surface area contributed by atoms with Crippen molar-refractivity contribution < 1.29 is 0 Å². The summed E-state index contributed by atoms with van der Waals surface area (Å²) < 4.78 is 0. The van der Waals surface area contributed by atoms with E-state index < -0.39 is 0 Å². The van der Waals surface area contributed by atoms with Gasteiger partial charge in [0, 0.05) is 21.1 Å². The minimum absolute atomic E-state index is 0.139. The van der Waals surface area contributed by atoms with Crippen LogP contribution in [0, 0.1) is 6.92 Å². The number of hydrogen-bond acceptors (Lipinski definition) is 1. The van der Waals surface area contributed by atoms with Crippen LogP contribution < -0.4 is 0 Å². The molecule has 4 rings (SSSR count). The predicted molar refractivity (Wildman–Crippen MR) is 95.4 cm³/mol. The highest BCUT2D eigenvalue weighted by molar-refractivity contribution is 8.03. The lowest BCUT2D eigenvalue weighted by atomic mass is 9.74. The van der Waals surface area contributed by atoms with Crippen molar-refractivity contribution in [3.05, 3.63) is 88.4 Å². The third kappa shape index (κ3) is 2.16. The van der Waals surface area contributed by atoms with Crippen LogP contribution in [0.4, 0.5) is 0 Å². The van der Waals surface area contributed by atoms with Crippen LogP contribution in [-0.2, 0) is 5.41 Å². The molecule has 0 radical (unpaired) electrons. The molecule has 0 amide bonds. The van der Waals surface area contributed by atoms with E-state index in [-0.39, 0.29) is 5.41 Å². The molecule has 1 aliphatic carbocycles. The van der Waals surface area contributed by atoms with Gasteiger partial charge in [0.05, 0.1) is 0 Å². The second kappa shape index (κ2) is 5.17. The predicted octanol–water partition coefficient (Wildman–Crippen LogP) is 5.99. The Morgan fingerprint density at radius 2 is 1.82 bits per heavy atom. The normalized spacial score (nSPS) is 26.1. The third-order valence-electron chi connectivity index (χ3n) is 4.97. The Labute approximate surface area is 137 Å². The number of thioether (sulfide) groups is 1. The molecule has 1 heterocycles. The number of aryl methyl sites for hydroxylation is 1. The first-order valence-electron chi connectivity index (χ1n) is 7.90. The number of allylic oxidation sites excluding steroid dienone is 4. The minimum Gasteiger partial charge on any atom is -0.0933 e. The van der Waals surface area contributed by atoms with Gasteiger partial charge in [0.25, 0.3) is 0 Å². The maximum atomic E-state index is 2.41. The summed E-state index contributed by atoms with van der Waals surface area (Å²) in [5.74, 6) is 0.478. The summed E-state index contributed by atoms with van der Waals surface area (Å²) in [6.07, 6.45) is 8.08. The van der Waals surface area contributed by atoms with Gasteiger partial charge in [-0.3, -0.25) is 0 Å². The van der Waals surface area contributed by atoms with Gasteiger partial charge in [0.15, 0.2) is 0 Å². The monoisotopic (exact) mass is 304 g/mol.